The van der Waals surface area contributed by atoms with E-state index in [0.717, 1.165) is 4.90 Å². The van der Waals surface area contributed by atoms with E-state index in [4.69, 9.17) is 5.11 Å². The molecule has 0 aliphatic carbocycles. The predicted molar refractivity (Wildman–Crippen MR) is 58.5 cm³/mol. The molecule has 0 aromatic carbocycles. The Kier molecular flexibility index (Phi) is 4.78. The molecule has 1 saturated heterocycles. The van der Waals surface area contributed by atoms with Crippen LogP contribution in [0.25, 0.3) is 0 Å². The Morgan fingerprint density at radius 3 is 2.53 bits per heavy atom. The molecule has 1 aliphatic rings. The SMILES string of the molecule is CC1(C(=O)O)CCCCN1C(=O)COCC(F)(F)F. The number of likely N-dealkylation sites (tertiary alicyclic amines) is 1. The van der Waals surface area contributed by atoms with Gasteiger partial charge in [-0.3, -0.25) is 4.79 Å². The van der Waals surface area contributed by atoms with Gasteiger partial charge in [0.1, 0.15) is 18.8 Å². The average molecular weight is 283 g/mol. The summed E-state index contributed by atoms with van der Waals surface area (Å²) in [5.41, 5.74) is -1.36. The van der Waals surface area contributed by atoms with E-state index in [0.29, 0.717) is 12.8 Å². The first-order valence-electron chi connectivity index (χ1n) is 5.85. The highest BCUT2D eigenvalue weighted by Gasteiger charge is 2.43. The van der Waals surface area contributed by atoms with Crippen LogP contribution in [0.2, 0.25) is 0 Å². The van der Waals surface area contributed by atoms with Gasteiger partial charge in [-0.25, -0.2) is 4.79 Å². The maximum atomic E-state index is 11.9. The normalized spacial score (nSPS) is 24.3. The van der Waals surface area contributed by atoms with Crippen LogP contribution in [0.4, 0.5) is 13.2 Å². The highest BCUT2D eigenvalue weighted by molar-refractivity contribution is 5.87. The molecule has 1 rings (SSSR count). The lowest BCUT2D eigenvalue weighted by Gasteiger charge is -2.41. The van der Waals surface area contributed by atoms with Crippen molar-refractivity contribution >= 4 is 11.9 Å². The minimum atomic E-state index is -4.50. The molecular weight excluding hydrogens is 267 g/mol. The van der Waals surface area contributed by atoms with Gasteiger partial charge in [0.2, 0.25) is 5.91 Å². The van der Waals surface area contributed by atoms with Gasteiger partial charge in [-0.05, 0) is 26.2 Å². The second-order valence-electron chi connectivity index (χ2n) is 4.69. The fraction of sp³-hybridized carbons (Fsp3) is 0.818. The first-order valence-corrected chi connectivity index (χ1v) is 5.85. The average Bonchev–Trinajstić information content (AvgIpc) is 2.27. The van der Waals surface area contributed by atoms with Crippen molar-refractivity contribution in [2.75, 3.05) is 19.8 Å². The number of carboxylic acids is 1. The number of piperidine rings is 1. The molecule has 0 spiro atoms. The molecule has 110 valence electrons. The number of carbonyl (C=O) groups is 2. The van der Waals surface area contributed by atoms with Crippen LogP contribution in [0.1, 0.15) is 26.2 Å². The Labute approximate surface area is 108 Å². The third kappa shape index (κ3) is 4.09. The molecular formula is C11H16F3NO4. The smallest absolute Gasteiger partial charge is 0.411 e. The molecule has 1 fully saturated rings. The quantitative estimate of drug-likeness (QED) is 0.847. The van der Waals surface area contributed by atoms with Gasteiger partial charge in [0.15, 0.2) is 0 Å². The van der Waals surface area contributed by atoms with Gasteiger partial charge in [-0.2, -0.15) is 13.2 Å². The number of nitrogens with zero attached hydrogens (tertiary/aromatic N) is 1. The van der Waals surface area contributed by atoms with Crippen LogP contribution in [0.3, 0.4) is 0 Å². The van der Waals surface area contributed by atoms with E-state index in [-0.39, 0.29) is 13.0 Å². The minimum absolute atomic E-state index is 0.219. The van der Waals surface area contributed by atoms with Gasteiger partial charge in [-0.1, -0.05) is 0 Å². The lowest BCUT2D eigenvalue weighted by molar-refractivity contribution is -0.182. The van der Waals surface area contributed by atoms with Crippen molar-refractivity contribution in [1.82, 2.24) is 4.90 Å². The molecule has 0 radical (unpaired) electrons. The summed E-state index contributed by atoms with van der Waals surface area (Å²) in [6, 6.07) is 0. The Morgan fingerprint density at radius 1 is 1.37 bits per heavy atom. The van der Waals surface area contributed by atoms with Crippen molar-refractivity contribution in [2.45, 2.75) is 37.9 Å². The van der Waals surface area contributed by atoms with Gasteiger partial charge in [0, 0.05) is 6.54 Å². The number of amides is 1. The summed E-state index contributed by atoms with van der Waals surface area (Å²) in [5, 5.41) is 9.16. The number of halogens is 3. The lowest BCUT2D eigenvalue weighted by Crippen LogP contribution is -2.58. The first kappa shape index (κ1) is 15.7. The van der Waals surface area contributed by atoms with Gasteiger partial charge in [-0.15, -0.1) is 0 Å². The van der Waals surface area contributed by atoms with Crippen LogP contribution >= 0.6 is 0 Å². The maximum absolute atomic E-state index is 11.9. The van der Waals surface area contributed by atoms with Crippen molar-refractivity contribution in [3.05, 3.63) is 0 Å². The van der Waals surface area contributed by atoms with Gasteiger partial charge >= 0.3 is 12.1 Å². The number of rotatable bonds is 4. The van der Waals surface area contributed by atoms with Crippen LogP contribution < -0.4 is 0 Å². The summed E-state index contributed by atoms with van der Waals surface area (Å²) < 4.78 is 39.9. The van der Waals surface area contributed by atoms with E-state index < -0.39 is 36.8 Å². The number of alkyl halides is 3. The lowest BCUT2D eigenvalue weighted by atomic mass is 9.88. The molecule has 19 heavy (non-hydrogen) atoms. The highest BCUT2D eigenvalue weighted by Crippen LogP contribution is 2.28. The summed E-state index contributed by atoms with van der Waals surface area (Å²) >= 11 is 0. The second-order valence-corrected chi connectivity index (χ2v) is 4.69. The van der Waals surface area contributed by atoms with E-state index in [9.17, 15) is 22.8 Å². The third-order valence-electron chi connectivity index (χ3n) is 3.14. The molecule has 8 heteroatoms. The number of ether oxygens (including phenoxy) is 1. The number of aliphatic carboxylic acids is 1. The fourth-order valence-electron chi connectivity index (χ4n) is 2.08. The Bertz CT molecular complexity index is 358. The Morgan fingerprint density at radius 2 is 2.00 bits per heavy atom. The molecule has 1 atom stereocenters. The van der Waals surface area contributed by atoms with Gasteiger partial charge in [0.05, 0.1) is 0 Å². The summed E-state index contributed by atoms with van der Waals surface area (Å²) in [4.78, 5) is 24.1. The van der Waals surface area contributed by atoms with Gasteiger partial charge < -0.3 is 14.7 Å². The topological polar surface area (TPSA) is 66.8 Å². The Hall–Kier alpha value is -1.31. The zero-order valence-corrected chi connectivity index (χ0v) is 10.5. The Balaban J connectivity index is 2.61. The molecule has 0 aromatic heterocycles. The number of carbonyl (C=O) groups excluding carboxylic acids is 1. The summed E-state index contributed by atoms with van der Waals surface area (Å²) in [6.07, 6.45) is -2.92. The van der Waals surface area contributed by atoms with Crippen molar-refractivity contribution in [3.63, 3.8) is 0 Å². The summed E-state index contributed by atoms with van der Waals surface area (Å²) in [7, 11) is 0. The molecule has 0 bridgehead atoms. The monoisotopic (exact) mass is 283 g/mol. The zero-order chi connectivity index (χ0) is 14.7. The van der Waals surface area contributed by atoms with Crippen molar-refractivity contribution in [1.29, 1.82) is 0 Å². The second kappa shape index (κ2) is 5.77. The number of carboxylic acid groups (broad SMARTS) is 1. The van der Waals surface area contributed by atoms with Crippen molar-refractivity contribution in [2.24, 2.45) is 0 Å². The van der Waals surface area contributed by atoms with E-state index >= 15 is 0 Å². The van der Waals surface area contributed by atoms with E-state index in [1.165, 1.54) is 6.92 Å². The molecule has 1 N–H and O–H groups in total. The summed E-state index contributed by atoms with van der Waals surface area (Å²) in [6.45, 7) is -0.661. The van der Waals surface area contributed by atoms with E-state index in [1.54, 1.807) is 0 Å². The number of hydrogen-bond acceptors (Lipinski definition) is 3. The highest BCUT2D eigenvalue weighted by atomic mass is 19.4. The van der Waals surface area contributed by atoms with Crippen LogP contribution in [0.15, 0.2) is 0 Å². The van der Waals surface area contributed by atoms with Crippen LogP contribution in [0, 0.1) is 0 Å². The van der Waals surface area contributed by atoms with Crippen LogP contribution in [-0.2, 0) is 14.3 Å². The molecule has 0 saturated carbocycles. The van der Waals surface area contributed by atoms with Crippen LogP contribution in [0.5, 0.6) is 0 Å². The third-order valence-corrected chi connectivity index (χ3v) is 3.14. The zero-order valence-electron chi connectivity index (χ0n) is 10.5. The fourth-order valence-corrected chi connectivity index (χ4v) is 2.08. The molecule has 1 heterocycles. The molecule has 1 aliphatic heterocycles. The molecule has 0 aromatic rings. The minimum Gasteiger partial charge on any atom is -0.480 e. The van der Waals surface area contributed by atoms with E-state index in [2.05, 4.69) is 4.74 Å². The standard InChI is InChI=1S/C11H16F3NO4/c1-10(9(17)18)4-2-3-5-15(10)8(16)6-19-7-11(12,13)14/h2-7H2,1H3,(H,17,18). The number of hydrogen-bond donors (Lipinski definition) is 1. The van der Waals surface area contributed by atoms with Crippen LogP contribution in [-0.4, -0.2) is 53.4 Å². The van der Waals surface area contributed by atoms with E-state index in [1.807, 2.05) is 0 Å². The largest absolute Gasteiger partial charge is 0.480 e. The predicted octanol–water partition coefficient (Wildman–Crippen LogP) is 1.42. The molecule has 1 unspecified atom stereocenters. The van der Waals surface area contributed by atoms with Crippen molar-refractivity contribution in [3.8, 4) is 0 Å². The molecule has 5 nitrogen and oxygen atoms in total. The maximum Gasteiger partial charge on any atom is 0.411 e. The van der Waals surface area contributed by atoms with Gasteiger partial charge in [0.25, 0.3) is 0 Å². The van der Waals surface area contributed by atoms with Crippen molar-refractivity contribution < 1.29 is 32.6 Å². The summed E-state index contributed by atoms with van der Waals surface area (Å²) in [5.74, 6) is -1.88. The first-order chi connectivity index (χ1) is 8.67. The molecule has 1 amide bonds.